The zero-order chi connectivity index (χ0) is 24.1. The number of thiazole rings is 1. The molecule has 4 rings (SSSR count). The number of nitro benzene ring substituents is 1. The molecule has 2 heterocycles. The predicted molar refractivity (Wildman–Crippen MR) is 127 cm³/mol. The minimum absolute atomic E-state index is 0.0955. The van der Waals surface area contributed by atoms with Gasteiger partial charge in [-0.15, -0.1) is 22.7 Å². The molecule has 0 spiro atoms. The molecule has 172 valence electrons. The van der Waals surface area contributed by atoms with Crippen molar-refractivity contribution in [3.8, 4) is 21.1 Å². The lowest BCUT2D eigenvalue weighted by Gasteiger charge is -2.07. The van der Waals surface area contributed by atoms with E-state index < -0.39 is 34.9 Å². The molecule has 0 bridgehead atoms. The van der Waals surface area contributed by atoms with E-state index in [2.05, 4.69) is 5.32 Å². The van der Waals surface area contributed by atoms with E-state index >= 15 is 0 Å². The SMILES string of the molecule is O=C(COC(=O)Cc1sc(-c2ccccc2)nc1-c1cccs1)Nc1ccc(F)cc1[N+](=O)[O-]. The van der Waals surface area contributed by atoms with Gasteiger partial charge in [0.1, 0.15) is 16.5 Å². The largest absolute Gasteiger partial charge is 0.455 e. The van der Waals surface area contributed by atoms with Crippen LogP contribution in [0.25, 0.3) is 21.1 Å². The highest BCUT2D eigenvalue weighted by atomic mass is 32.1. The molecule has 0 saturated carbocycles. The lowest BCUT2D eigenvalue weighted by Crippen LogP contribution is -2.22. The minimum atomic E-state index is -0.815. The van der Waals surface area contributed by atoms with Gasteiger partial charge in [0.25, 0.3) is 11.6 Å². The molecule has 4 aromatic rings. The van der Waals surface area contributed by atoms with Crippen molar-refractivity contribution in [2.75, 3.05) is 11.9 Å². The molecule has 11 heteroatoms. The molecular formula is C23H16FN3O5S2. The molecule has 1 N–H and O–H groups in total. The van der Waals surface area contributed by atoms with E-state index in [1.165, 1.54) is 22.7 Å². The Bertz CT molecular complexity index is 1340. The van der Waals surface area contributed by atoms with Crippen LogP contribution in [0.3, 0.4) is 0 Å². The second-order valence-corrected chi connectivity index (χ2v) is 8.97. The second-order valence-electron chi connectivity index (χ2n) is 6.94. The van der Waals surface area contributed by atoms with Crippen LogP contribution < -0.4 is 5.32 Å². The van der Waals surface area contributed by atoms with Crippen molar-refractivity contribution in [1.29, 1.82) is 0 Å². The van der Waals surface area contributed by atoms with Crippen molar-refractivity contribution in [1.82, 2.24) is 4.98 Å². The number of nitro groups is 1. The zero-order valence-corrected chi connectivity index (χ0v) is 19.0. The number of aromatic nitrogens is 1. The van der Waals surface area contributed by atoms with Crippen LogP contribution in [-0.4, -0.2) is 28.4 Å². The predicted octanol–water partition coefficient (Wildman–Crippen LogP) is 5.31. The Labute approximate surface area is 200 Å². The monoisotopic (exact) mass is 497 g/mol. The first-order valence-corrected chi connectivity index (χ1v) is 11.6. The normalized spacial score (nSPS) is 10.6. The van der Waals surface area contributed by atoms with Crippen LogP contribution in [0.1, 0.15) is 4.88 Å². The second kappa shape index (κ2) is 10.3. The van der Waals surface area contributed by atoms with E-state index in [1.807, 2.05) is 47.8 Å². The maximum atomic E-state index is 13.3. The van der Waals surface area contributed by atoms with Gasteiger partial charge in [0.15, 0.2) is 6.61 Å². The lowest BCUT2D eigenvalue weighted by atomic mass is 10.2. The molecule has 1 amide bonds. The first kappa shape index (κ1) is 23.2. The fourth-order valence-corrected chi connectivity index (χ4v) is 4.93. The summed E-state index contributed by atoms with van der Waals surface area (Å²) in [5.41, 5.74) is 0.813. The van der Waals surface area contributed by atoms with E-state index in [0.29, 0.717) is 16.6 Å². The molecule has 34 heavy (non-hydrogen) atoms. The number of anilines is 1. The number of rotatable bonds is 8. The van der Waals surface area contributed by atoms with Gasteiger partial charge in [-0.3, -0.25) is 19.7 Å². The summed E-state index contributed by atoms with van der Waals surface area (Å²) < 4.78 is 18.3. The third-order valence-electron chi connectivity index (χ3n) is 4.57. The summed E-state index contributed by atoms with van der Waals surface area (Å²) in [5.74, 6) is -2.24. The first-order valence-electron chi connectivity index (χ1n) is 9.89. The van der Waals surface area contributed by atoms with E-state index in [1.54, 1.807) is 0 Å². The summed E-state index contributed by atoms with van der Waals surface area (Å²) in [4.78, 5) is 41.2. The number of halogens is 1. The molecule has 0 fully saturated rings. The van der Waals surface area contributed by atoms with Crippen molar-refractivity contribution in [2.45, 2.75) is 6.42 Å². The van der Waals surface area contributed by atoms with Crippen molar-refractivity contribution in [3.63, 3.8) is 0 Å². The fourth-order valence-electron chi connectivity index (χ4n) is 3.06. The molecule has 0 aliphatic heterocycles. The Kier molecular flexibility index (Phi) is 7.04. The first-order chi connectivity index (χ1) is 16.4. The Balaban J connectivity index is 1.44. The molecular weight excluding hydrogens is 481 g/mol. The smallest absolute Gasteiger partial charge is 0.311 e. The van der Waals surface area contributed by atoms with Crippen LogP contribution in [0, 0.1) is 15.9 Å². The Hall–Kier alpha value is -3.96. The number of ether oxygens (including phenoxy) is 1. The van der Waals surface area contributed by atoms with Gasteiger partial charge in [-0.25, -0.2) is 9.37 Å². The number of carbonyl (C=O) groups is 2. The average Bonchev–Trinajstić information content (AvgIpc) is 3.49. The van der Waals surface area contributed by atoms with Gasteiger partial charge in [-0.05, 0) is 23.6 Å². The summed E-state index contributed by atoms with van der Waals surface area (Å²) in [7, 11) is 0. The van der Waals surface area contributed by atoms with Crippen molar-refractivity contribution in [3.05, 3.63) is 86.9 Å². The number of nitrogens with one attached hydrogen (secondary N) is 1. The van der Waals surface area contributed by atoms with E-state index in [-0.39, 0.29) is 12.1 Å². The number of thiophene rings is 1. The number of esters is 1. The molecule has 0 aliphatic carbocycles. The topological polar surface area (TPSA) is 111 Å². The van der Waals surface area contributed by atoms with Crippen LogP contribution in [0.5, 0.6) is 0 Å². The molecule has 0 atom stereocenters. The average molecular weight is 498 g/mol. The number of carbonyl (C=O) groups excluding carboxylic acids is 2. The van der Waals surface area contributed by atoms with Crippen molar-refractivity contribution >= 4 is 45.9 Å². The molecule has 0 unspecified atom stereocenters. The molecule has 0 aliphatic rings. The Morgan fingerprint density at radius 1 is 1.12 bits per heavy atom. The summed E-state index contributed by atoms with van der Waals surface area (Å²) >= 11 is 2.86. The third kappa shape index (κ3) is 5.50. The van der Waals surface area contributed by atoms with Gasteiger partial charge in [-0.1, -0.05) is 36.4 Å². The highest BCUT2D eigenvalue weighted by Crippen LogP contribution is 2.36. The van der Waals surface area contributed by atoms with Gasteiger partial charge in [-0.2, -0.15) is 0 Å². The maximum absolute atomic E-state index is 13.3. The zero-order valence-electron chi connectivity index (χ0n) is 17.4. The molecule has 2 aromatic heterocycles. The van der Waals surface area contributed by atoms with Crippen LogP contribution >= 0.6 is 22.7 Å². The number of amides is 1. The Morgan fingerprint density at radius 3 is 2.62 bits per heavy atom. The van der Waals surface area contributed by atoms with Gasteiger partial charge in [0.05, 0.1) is 28.0 Å². The third-order valence-corrected chi connectivity index (χ3v) is 6.55. The van der Waals surface area contributed by atoms with Crippen LogP contribution in [0.4, 0.5) is 15.8 Å². The van der Waals surface area contributed by atoms with Crippen molar-refractivity contribution < 1.29 is 23.6 Å². The van der Waals surface area contributed by atoms with Crippen molar-refractivity contribution in [2.24, 2.45) is 0 Å². The summed E-state index contributed by atoms with van der Waals surface area (Å²) in [6.45, 7) is -0.647. The maximum Gasteiger partial charge on any atom is 0.311 e. The number of benzene rings is 2. The summed E-state index contributed by atoms with van der Waals surface area (Å²) in [5, 5.41) is 16.0. The number of nitrogens with zero attached hydrogens (tertiary/aromatic N) is 2. The molecule has 2 aromatic carbocycles. The van der Waals surface area contributed by atoms with Gasteiger partial charge < -0.3 is 10.1 Å². The number of hydrogen-bond donors (Lipinski definition) is 1. The highest BCUT2D eigenvalue weighted by molar-refractivity contribution is 7.17. The lowest BCUT2D eigenvalue weighted by molar-refractivity contribution is -0.384. The summed E-state index contributed by atoms with van der Waals surface area (Å²) in [6, 6.07) is 16.1. The van der Waals surface area contributed by atoms with Crippen LogP contribution in [-0.2, 0) is 20.7 Å². The van der Waals surface area contributed by atoms with E-state index in [0.717, 1.165) is 27.6 Å². The summed E-state index contributed by atoms with van der Waals surface area (Å²) in [6.07, 6.45) is -0.0955. The Morgan fingerprint density at radius 2 is 1.91 bits per heavy atom. The van der Waals surface area contributed by atoms with Gasteiger partial charge >= 0.3 is 5.97 Å². The molecule has 8 nitrogen and oxygen atoms in total. The van der Waals surface area contributed by atoms with Crippen LogP contribution in [0.2, 0.25) is 0 Å². The standard InChI is InChI=1S/C23H16FN3O5S2/c24-15-8-9-16(17(11-15)27(30)31)25-20(28)13-32-21(29)12-19-22(18-7-4-10-33-18)26-23(34-19)14-5-2-1-3-6-14/h1-11H,12-13H2,(H,25,28). The minimum Gasteiger partial charge on any atom is -0.455 e. The van der Waals surface area contributed by atoms with Gasteiger partial charge in [0, 0.05) is 10.4 Å². The highest BCUT2D eigenvalue weighted by Gasteiger charge is 2.20. The van der Waals surface area contributed by atoms with E-state index in [9.17, 15) is 24.1 Å². The quantitative estimate of drug-likeness (QED) is 0.201. The molecule has 0 radical (unpaired) electrons. The van der Waals surface area contributed by atoms with Gasteiger partial charge in [0.2, 0.25) is 0 Å². The molecule has 0 saturated heterocycles. The van der Waals surface area contributed by atoms with Crippen LogP contribution in [0.15, 0.2) is 66.0 Å². The number of hydrogen-bond acceptors (Lipinski definition) is 8. The fraction of sp³-hybridized carbons (Fsp3) is 0.0870. The van der Waals surface area contributed by atoms with E-state index in [4.69, 9.17) is 9.72 Å².